The third-order valence-corrected chi connectivity index (χ3v) is 3.25. The zero-order chi connectivity index (χ0) is 15.9. The van der Waals surface area contributed by atoms with E-state index >= 15 is 0 Å². The van der Waals surface area contributed by atoms with Crippen LogP contribution in [-0.4, -0.2) is 34.4 Å². The Kier molecular flexibility index (Phi) is 5.48. The Morgan fingerprint density at radius 2 is 2.09 bits per heavy atom. The second-order valence-corrected chi connectivity index (χ2v) is 4.98. The molecule has 0 spiro atoms. The van der Waals surface area contributed by atoms with Crippen molar-refractivity contribution in [2.45, 2.75) is 12.1 Å². The Morgan fingerprint density at radius 3 is 2.82 bits per heavy atom. The van der Waals surface area contributed by atoms with Crippen LogP contribution in [0.5, 0.6) is 0 Å². The number of carbonyl (C=O) groups excluding carboxylic acids is 2. The lowest BCUT2D eigenvalue weighted by atomic mass is 10.2. The standard InChI is InChI=1S/C13H13FN4O3S/c1-2-15-12(20)16-10(19)7-22-13-18-17-11(21-13)8-5-3-4-6-9(8)14/h3-6H,2,7H2,1H3,(H2,15,16,19,20). The fraction of sp³-hybridized carbons (Fsp3) is 0.231. The van der Waals surface area contributed by atoms with Crippen molar-refractivity contribution in [3.63, 3.8) is 0 Å². The largest absolute Gasteiger partial charge is 0.411 e. The Balaban J connectivity index is 1.92. The summed E-state index contributed by atoms with van der Waals surface area (Å²) in [7, 11) is 0. The number of amides is 3. The number of nitrogens with one attached hydrogen (secondary N) is 2. The first-order valence-corrected chi connectivity index (χ1v) is 7.37. The SMILES string of the molecule is CCNC(=O)NC(=O)CSc1nnc(-c2ccccc2F)o1. The van der Waals surface area contributed by atoms with Gasteiger partial charge in [0.05, 0.1) is 11.3 Å². The minimum atomic E-state index is -0.564. The van der Waals surface area contributed by atoms with E-state index in [1.54, 1.807) is 19.1 Å². The summed E-state index contributed by atoms with van der Waals surface area (Å²) in [6, 6.07) is 5.43. The van der Waals surface area contributed by atoms with Crippen LogP contribution in [0.25, 0.3) is 11.5 Å². The fourth-order valence-corrected chi connectivity index (χ4v) is 2.07. The van der Waals surface area contributed by atoms with E-state index in [0.717, 1.165) is 11.8 Å². The molecule has 0 aliphatic rings. The summed E-state index contributed by atoms with van der Waals surface area (Å²) < 4.78 is 18.8. The minimum absolute atomic E-state index is 0.0322. The molecule has 7 nitrogen and oxygen atoms in total. The molecule has 9 heteroatoms. The highest BCUT2D eigenvalue weighted by atomic mass is 32.2. The van der Waals surface area contributed by atoms with Crippen molar-refractivity contribution in [2.24, 2.45) is 0 Å². The summed E-state index contributed by atoms with van der Waals surface area (Å²) in [5.74, 6) is -1.02. The van der Waals surface area contributed by atoms with Gasteiger partial charge in [-0.1, -0.05) is 23.9 Å². The van der Waals surface area contributed by atoms with E-state index in [9.17, 15) is 14.0 Å². The van der Waals surface area contributed by atoms with Crippen LogP contribution in [0, 0.1) is 5.82 Å². The van der Waals surface area contributed by atoms with E-state index in [1.807, 2.05) is 0 Å². The molecule has 0 fully saturated rings. The average molecular weight is 324 g/mol. The molecular formula is C13H13FN4O3S. The van der Waals surface area contributed by atoms with Crippen LogP contribution in [-0.2, 0) is 4.79 Å². The molecule has 0 atom stereocenters. The molecule has 1 aromatic carbocycles. The maximum Gasteiger partial charge on any atom is 0.321 e. The Bertz CT molecular complexity index is 677. The van der Waals surface area contributed by atoms with Crippen molar-refractivity contribution in [1.29, 1.82) is 0 Å². The number of imide groups is 1. The topological polar surface area (TPSA) is 97.1 Å². The monoisotopic (exact) mass is 324 g/mol. The van der Waals surface area contributed by atoms with E-state index in [4.69, 9.17) is 4.42 Å². The maximum atomic E-state index is 13.6. The number of benzene rings is 1. The summed E-state index contributed by atoms with van der Waals surface area (Å²) in [5.41, 5.74) is 0.189. The van der Waals surface area contributed by atoms with Crippen molar-refractivity contribution in [1.82, 2.24) is 20.8 Å². The molecule has 0 radical (unpaired) electrons. The molecule has 0 bridgehead atoms. The number of thioether (sulfide) groups is 1. The summed E-state index contributed by atoms with van der Waals surface area (Å²) in [6.45, 7) is 2.16. The molecule has 0 saturated heterocycles. The first-order valence-electron chi connectivity index (χ1n) is 6.39. The van der Waals surface area contributed by atoms with Gasteiger partial charge in [0.25, 0.3) is 11.1 Å². The number of hydrogen-bond donors (Lipinski definition) is 2. The van der Waals surface area contributed by atoms with E-state index in [2.05, 4.69) is 20.8 Å². The molecule has 2 N–H and O–H groups in total. The van der Waals surface area contributed by atoms with Gasteiger partial charge in [0.1, 0.15) is 5.82 Å². The highest BCUT2D eigenvalue weighted by molar-refractivity contribution is 7.99. The quantitative estimate of drug-likeness (QED) is 0.814. The van der Waals surface area contributed by atoms with Gasteiger partial charge in [-0.3, -0.25) is 10.1 Å². The Labute approximate surface area is 129 Å². The molecule has 1 heterocycles. The van der Waals surface area contributed by atoms with Gasteiger partial charge >= 0.3 is 6.03 Å². The van der Waals surface area contributed by atoms with Gasteiger partial charge in [-0.2, -0.15) is 0 Å². The van der Waals surface area contributed by atoms with Crippen molar-refractivity contribution >= 4 is 23.7 Å². The van der Waals surface area contributed by atoms with Gasteiger partial charge in [-0.15, -0.1) is 10.2 Å². The van der Waals surface area contributed by atoms with Crippen LogP contribution >= 0.6 is 11.8 Å². The van der Waals surface area contributed by atoms with Crippen LogP contribution in [0.2, 0.25) is 0 Å². The van der Waals surface area contributed by atoms with Crippen LogP contribution in [0.1, 0.15) is 6.92 Å². The number of nitrogens with zero attached hydrogens (tertiary/aromatic N) is 2. The van der Waals surface area contributed by atoms with E-state index < -0.39 is 17.8 Å². The molecule has 22 heavy (non-hydrogen) atoms. The highest BCUT2D eigenvalue weighted by Crippen LogP contribution is 2.24. The summed E-state index contributed by atoms with van der Waals surface area (Å²) in [4.78, 5) is 22.6. The smallest absolute Gasteiger partial charge is 0.321 e. The number of aromatic nitrogens is 2. The minimum Gasteiger partial charge on any atom is -0.411 e. The van der Waals surface area contributed by atoms with Gasteiger partial charge in [0, 0.05) is 6.54 Å². The van der Waals surface area contributed by atoms with Crippen LogP contribution in [0.15, 0.2) is 33.9 Å². The molecule has 2 rings (SSSR count). The third-order valence-electron chi connectivity index (χ3n) is 2.43. The zero-order valence-electron chi connectivity index (χ0n) is 11.6. The van der Waals surface area contributed by atoms with Crippen molar-refractivity contribution in [3.05, 3.63) is 30.1 Å². The number of rotatable bonds is 5. The molecule has 0 aliphatic heterocycles. The number of urea groups is 1. The fourth-order valence-electron chi connectivity index (χ4n) is 1.51. The molecule has 3 amide bonds. The number of carbonyl (C=O) groups is 2. The predicted octanol–water partition coefficient (Wildman–Crippen LogP) is 1.81. The second-order valence-electron chi connectivity index (χ2n) is 4.05. The van der Waals surface area contributed by atoms with E-state index in [0.29, 0.717) is 6.54 Å². The third kappa shape index (κ3) is 4.29. The van der Waals surface area contributed by atoms with Crippen molar-refractivity contribution < 1.29 is 18.4 Å². The molecule has 1 aromatic heterocycles. The highest BCUT2D eigenvalue weighted by Gasteiger charge is 2.14. The molecule has 2 aromatic rings. The molecule has 0 unspecified atom stereocenters. The van der Waals surface area contributed by atoms with E-state index in [1.165, 1.54) is 12.1 Å². The molecule has 0 aliphatic carbocycles. The first kappa shape index (κ1) is 16.0. The molecule has 0 saturated carbocycles. The Morgan fingerprint density at radius 1 is 1.32 bits per heavy atom. The van der Waals surface area contributed by atoms with Gasteiger partial charge in [-0.05, 0) is 19.1 Å². The van der Waals surface area contributed by atoms with Crippen LogP contribution in [0.3, 0.4) is 0 Å². The molecular weight excluding hydrogens is 311 g/mol. The van der Waals surface area contributed by atoms with Gasteiger partial charge in [0.15, 0.2) is 0 Å². The maximum absolute atomic E-state index is 13.6. The second kappa shape index (κ2) is 7.55. The zero-order valence-corrected chi connectivity index (χ0v) is 12.4. The first-order chi connectivity index (χ1) is 10.6. The Hall–Kier alpha value is -2.42. The lowest BCUT2D eigenvalue weighted by Crippen LogP contribution is -2.40. The normalized spacial score (nSPS) is 10.3. The van der Waals surface area contributed by atoms with E-state index in [-0.39, 0.29) is 22.4 Å². The van der Waals surface area contributed by atoms with Gasteiger partial charge < -0.3 is 9.73 Å². The van der Waals surface area contributed by atoms with Gasteiger partial charge in [0.2, 0.25) is 5.91 Å². The summed E-state index contributed by atoms with van der Waals surface area (Å²) >= 11 is 0.955. The van der Waals surface area contributed by atoms with Crippen molar-refractivity contribution in [2.75, 3.05) is 12.3 Å². The number of halogens is 1. The lowest BCUT2D eigenvalue weighted by molar-refractivity contribution is -0.117. The number of hydrogen-bond acceptors (Lipinski definition) is 6. The van der Waals surface area contributed by atoms with Crippen LogP contribution in [0.4, 0.5) is 9.18 Å². The van der Waals surface area contributed by atoms with Crippen LogP contribution < -0.4 is 10.6 Å². The summed E-state index contributed by atoms with van der Waals surface area (Å²) in [5, 5.41) is 12.1. The van der Waals surface area contributed by atoms with Crippen molar-refractivity contribution in [3.8, 4) is 11.5 Å². The molecule has 116 valence electrons. The lowest BCUT2D eigenvalue weighted by Gasteiger charge is -2.02. The average Bonchev–Trinajstić information content (AvgIpc) is 2.94. The van der Waals surface area contributed by atoms with Gasteiger partial charge in [-0.25, -0.2) is 9.18 Å². The summed E-state index contributed by atoms with van der Waals surface area (Å²) in [6.07, 6.45) is 0. The predicted molar refractivity (Wildman–Crippen MR) is 77.6 cm³/mol.